The summed E-state index contributed by atoms with van der Waals surface area (Å²) >= 11 is 0. The average molecular weight is 293 g/mol. The molecule has 0 saturated carbocycles. The van der Waals surface area contributed by atoms with Gasteiger partial charge < -0.3 is 5.32 Å². The van der Waals surface area contributed by atoms with Crippen LogP contribution < -0.4 is 5.32 Å². The minimum absolute atomic E-state index is 0.145. The van der Waals surface area contributed by atoms with Crippen molar-refractivity contribution in [2.75, 3.05) is 6.54 Å². The Morgan fingerprint density at radius 3 is 2.10 bits per heavy atom. The molecule has 0 fully saturated rings. The van der Waals surface area contributed by atoms with Crippen molar-refractivity contribution >= 4 is 0 Å². The molecule has 2 aromatic carbocycles. The number of rotatable bonds is 5. The van der Waals surface area contributed by atoms with Crippen LogP contribution in [0.5, 0.6) is 0 Å². The van der Waals surface area contributed by atoms with Crippen LogP contribution in [-0.2, 0) is 0 Å². The molecule has 1 N–H and O–H groups in total. The third-order valence-corrected chi connectivity index (χ3v) is 3.34. The Hall–Kier alpha value is -1.81. The lowest BCUT2D eigenvalue weighted by atomic mass is 9.96. The first-order valence-corrected chi connectivity index (χ1v) is 6.97. The Balaban J connectivity index is 2.47. The van der Waals surface area contributed by atoms with Crippen molar-refractivity contribution in [1.29, 1.82) is 0 Å². The van der Waals surface area contributed by atoms with E-state index in [9.17, 15) is 13.2 Å². The Kier molecular flexibility index (Phi) is 5.02. The Labute approximate surface area is 122 Å². The summed E-state index contributed by atoms with van der Waals surface area (Å²) in [4.78, 5) is 0. The SMILES string of the molecule is CCCNC(c1ccc(C)cc1)c1c(F)cc(F)cc1F. The number of halogens is 3. The molecule has 0 amide bonds. The lowest BCUT2D eigenvalue weighted by Gasteiger charge is -2.21. The van der Waals surface area contributed by atoms with Gasteiger partial charge in [0.1, 0.15) is 17.5 Å². The number of hydrogen-bond donors (Lipinski definition) is 1. The fourth-order valence-corrected chi connectivity index (χ4v) is 2.26. The van der Waals surface area contributed by atoms with E-state index < -0.39 is 23.5 Å². The molecule has 0 heterocycles. The largest absolute Gasteiger partial charge is 0.306 e. The number of benzene rings is 2. The van der Waals surface area contributed by atoms with Crippen LogP contribution in [0, 0.1) is 24.4 Å². The van der Waals surface area contributed by atoms with Crippen molar-refractivity contribution < 1.29 is 13.2 Å². The second-order valence-electron chi connectivity index (χ2n) is 5.08. The van der Waals surface area contributed by atoms with Gasteiger partial charge in [0.2, 0.25) is 0 Å². The van der Waals surface area contributed by atoms with E-state index in [-0.39, 0.29) is 5.56 Å². The van der Waals surface area contributed by atoms with Gasteiger partial charge in [-0.25, -0.2) is 13.2 Å². The molecular formula is C17H18F3N. The molecule has 112 valence electrons. The molecule has 0 saturated heterocycles. The molecule has 1 atom stereocenters. The monoisotopic (exact) mass is 293 g/mol. The van der Waals surface area contributed by atoms with E-state index in [0.29, 0.717) is 18.7 Å². The smallest absolute Gasteiger partial charge is 0.134 e. The minimum atomic E-state index is -0.910. The maximum Gasteiger partial charge on any atom is 0.134 e. The fraction of sp³-hybridized carbons (Fsp3) is 0.294. The highest BCUT2D eigenvalue weighted by Gasteiger charge is 2.22. The van der Waals surface area contributed by atoms with E-state index in [1.807, 2.05) is 38.1 Å². The first-order valence-electron chi connectivity index (χ1n) is 6.97. The number of nitrogens with one attached hydrogen (secondary N) is 1. The summed E-state index contributed by atoms with van der Waals surface area (Å²) < 4.78 is 41.1. The van der Waals surface area contributed by atoms with Gasteiger partial charge in [0.15, 0.2) is 0 Å². The van der Waals surface area contributed by atoms with E-state index in [0.717, 1.165) is 17.5 Å². The van der Waals surface area contributed by atoms with E-state index >= 15 is 0 Å². The van der Waals surface area contributed by atoms with Gasteiger partial charge in [0.25, 0.3) is 0 Å². The fourth-order valence-electron chi connectivity index (χ4n) is 2.26. The Bertz CT molecular complexity index is 585. The Morgan fingerprint density at radius 1 is 1.00 bits per heavy atom. The van der Waals surface area contributed by atoms with Crippen LogP contribution in [0.1, 0.15) is 36.1 Å². The first kappa shape index (κ1) is 15.6. The molecule has 0 aliphatic heterocycles. The van der Waals surface area contributed by atoms with Gasteiger partial charge in [0.05, 0.1) is 6.04 Å². The first-order chi connectivity index (χ1) is 10.0. The molecule has 4 heteroatoms. The highest BCUT2D eigenvalue weighted by atomic mass is 19.1. The standard InChI is InChI=1S/C17H18F3N/c1-3-8-21-17(12-6-4-11(2)5-7-12)16-14(19)9-13(18)10-15(16)20/h4-7,9-10,17,21H,3,8H2,1-2H3. The van der Waals surface area contributed by atoms with Crippen molar-refractivity contribution in [3.63, 3.8) is 0 Å². The van der Waals surface area contributed by atoms with Gasteiger partial charge in [-0.2, -0.15) is 0 Å². The lowest BCUT2D eigenvalue weighted by Crippen LogP contribution is -2.25. The molecule has 1 nitrogen and oxygen atoms in total. The maximum absolute atomic E-state index is 14.0. The van der Waals surface area contributed by atoms with Crippen LogP contribution in [0.4, 0.5) is 13.2 Å². The van der Waals surface area contributed by atoms with Crippen molar-refractivity contribution in [2.24, 2.45) is 0 Å². The third kappa shape index (κ3) is 3.64. The van der Waals surface area contributed by atoms with E-state index in [4.69, 9.17) is 0 Å². The highest BCUT2D eigenvalue weighted by Crippen LogP contribution is 2.28. The average Bonchev–Trinajstić information content (AvgIpc) is 2.42. The normalized spacial score (nSPS) is 12.4. The van der Waals surface area contributed by atoms with Gasteiger partial charge in [-0.15, -0.1) is 0 Å². The second-order valence-corrected chi connectivity index (χ2v) is 5.08. The summed E-state index contributed by atoms with van der Waals surface area (Å²) in [5.41, 5.74) is 1.67. The van der Waals surface area contributed by atoms with E-state index in [1.54, 1.807) is 0 Å². The summed E-state index contributed by atoms with van der Waals surface area (Å²) in [6.45, 7) is 4.52. The molecule has 1 unspecified atom stereocenters. The number of aryl methyl sites for hydroxylation is 1. The quantitative estimate of drug-likeness (QED) is 0.855. The van der Waals surface area contributed by atoms with Gasteiger partial charge >= 0.3 is 0 Å². The summed E-state index contributed by atoms with van der Waals surface area (Å²) in [7, 11) is 0. The maximum atomic E-state index is 14.0. The van der Waals surface area contributed by atoms with E-state index in [2.05, 4.69) is 5.32 Å². The van der Waals surface area contributed by atoms with Crippen molar-refractivity contribution in [3.05, 3.63) is 70.5 Å². The molecule has 21 heavy (non-hydrogen) atoms. The summed E-state index contributed by atoms with van der Waals surface area (Å²) in [6.07, 6.45) is 0.826. The van der Waals surface area contributed by atoms with Crippen LogP contribution in [0.15, 0.2) is 36.4 Å². The lowest BCUT2D eigenvalue weighted by molar-refractivity contribution is 0.486. The Morgan fingerprint density at radius 2 is 1.57 bits per heavy atom. The predicted molar refractivity (Wildman–Crippen MR) is 77.6 cm³/mol. The molecule has 0 aliphatic carbocycles. The van der Waals surface area contributed by atoms with E-state index in [1.165, 1.54) is 0 Å². The number of hydrogen-bond acceptors (Lipinski definition) is 1. The van der Waals surface area contributed by atoms with Crippen molar-refractivity contribution in [3.8, 4) is 0 Å². The summed E-state index contributed by atoms with van der Waals surface area (Å²) in [6, 6.07) is 8.21. The van der Waals surface area contributed by atoms with Crippen molar-refractivity contribution in [1.82, 2.24) is 5.32 Å². The topological polar surface area (TPSA) is 12.0 Å². The molecule has 0 spiro atoms. The van der Waals surface area contributed by atoms with Crippen LogP contribution >= 0.6 is 0 Å². The summed E-state index contributed by atoms with van der Waals surface area (Å²) in [5.74, 6) is -2.66. The van der Waals surface area contributed by atoms with Gasteiger partial charge in [-0.05, 0) is 25.5 Å². The zero-order valence-corrected chi connectivity index (χ0v) is 12.1. The van der Waals surface area contributed by atoms with Gasteiger partial charge in [-0.3, -0.25) is 0 Å². The minimum Gasteiger partial charge on any atom is -0.306 e. The third-order valence-electron chi connectivity index (χ3n) is 3.34. The van der Waals surface area contributed by atoms with Gasteiger partial charge in [0, 0.05) is 17.7 Å². The summed E-state index contributed by atoms with van der Waals surface area (Å²) in [5, 5.41) is 3.12. The van der Waals surface area contributed by atoms with Crippen LogP contribution in [-0.4, -0.2) is 6.54 Å². The molecular weight excluding hydrogens is 275 g/mol. The zero-order valence-electron chi connectivity index (χ0n) is 12.1. The molecule has 2 aromatic rings. The highest BCUT2D eigenvalue weighted by molar-refractivity contribution is 5.35. The zero-order chi connectivity index (χ0) is 15.4. The molecule has 0 aromatic heterocycles. The molecule has 0 bridgehead atoms. The predicted octanol–water partition coefficient (Wildman–Crippen LogP) is 4.50. The van der Waals surface area contributed by atoms with Crippen LogP contribution in [0.2, 0.25) is 0 Å². The molecule has 0 aliphatic rings. The van der Waals surface area contributed by atoms with Gasteiger partial charge in [-0.1, -0.05) is 36.8 Å². The molecule has 2 rings (SSSR count). The van der Waals surface area contributed by atoms with Crippen molar-refractivity contribution in [2.45, 2.75) is 26.3 Å². The van der Waals surface area contributed by atoms with Crippen LogP contribution in [0.25, 0.3) is 0 Å². The molecule has 0 radical (unpaired) electrons. The van der Waals surface area contributed by atoms with Crippen LogP contribution in [0.3, 0.4) is 0 Å². The second kappa shape index (κ2) is 6.76.